The van der Waals surface area contributed by atoms with E-state index in [1.165, 1.54) is 13.2 Å². The minimum Gasteiger partial charge on any atom is -0.372 e. The number of rotatable bonds is 5. The van der Waals surface area contributed by atoms with Crippen molar-refractivity contribution in [2.75, 3.05) is 30.9 Å². The lowest BCUT2D eigenvalue weighted by molar-refractivity contribution is 0.0691. The Morgan fingerprint density at radius 1 is 1.34 bits per heavy atom. The van der Waals surface area contributed by atoms with Crippen LogP contribution in [0.2, 0.25) is 5.02 Å². The molecule has 2 aliphatic heterocycles. The van der Waals surface area contributed by atoms with Crippen molar-refractivity contribution in [3.8, 4) is 0 Å². The second kappa shape index (κ2) is 8.31. The van der Waals surface area contributed by atoms with Crippen LogP contribution in [-0.2, 0) is 16.5 Å². The molecule has 4 heterocycles. The Morgan fingerprint density at radius 3 is 2.93 bits per heavy atom. The molecular formula is C17H21ClN8O3. The second-order valence-corrected chi connectivity index (χ2v) is 7.17. The number of nitrogens with one attached hydrogen (secondary N) is 3. The number of ether oxygens (including phenoxy) is 2. The fourth-order valence-corrected chi connectivity index (χ4v) is 3.47. The second-order valence-electron chi connectivity index (χ2n) is 6.76. The predicted molar refractivity (Wildman–Crippen MR) is 107 cm³/mol. The molecule has 2 aromatic heterocycles. The summed E-state index contributed by atoms with van der Waals surface area (Å²) >= 11 is 6.27. The molecule has 0 aliphatic carbocycles. The van der Waals surface area contributed by atoms with E-state index in [0.29, 0.717) is 30.0 Å². The number of hydrogen-bond acceptors (Lipinski definition) is 8. The third-order valence-corrected chi connectivity index (χ3v) is 4.99. The zero-order valence-electron chi connectivity index (χ0n) is 15.9. The molecule has 2 aliphatic rings. The molecule has 3 N–H and O–H groups in total. The van der Waals surface area contributed by atoms with Crippen molar-refractivity contribution < 1.29 is 14.3 Å². The van der Waals surface area contributed by atoms with Gasteiger partial charge in [0, 0.05) is 32.4 Å². The topological polar surface area (TPSA) is 128 Å². The molecule has 0 radical (unpaired) electrons. The van der Waals surface area contributed by atoms with Crippen LogP contribution in [0.3, 0.4) is 0 Å². The average Bonchev–Trinajstić information content (AvgIpc) is 3.41. The largest absolute Gasteiger partial charge is 0.372 e. The summed E-state index contributed by atoms with van der Waals surface area (Å²) in [7, 11) is 3.36. The molecule has 2 amide bonds. The minimum atomic E-state index is -0.400. The maximum atomic E-state index is 11.3. The number of urea groups is 1. The number of aromatic nitrogens is 4. The van der Waals surface area contributed by atoms with Crippen LogP contribution in [0.15, 0.2) is 23.6 Å². The monoisotopic (exact) mass is 420 g/mol. The van der Waals surface area contributed by atoms with Gasteiger partial charge in [0.2, 0.25) is 5.95 Å². The zero-order valence-corrected chi connectivity index (χ0v) is 16.6. The molecular weight excluding hydrogens is 400 g/mol. The van der Waals surface area contributed by atoms with E-state index >= 15 is 0 Å². The summed E-state index contributed by atoms with van der Waals surface area (Å²) in [5.74, 6) is 0.782. The van der Waals surface area contributed by atoms with Gasteiger partial charge >= 0.3 is 6.03 Å². The summed E-state index contributed by atoms with van der Waals surface area (Å²) in [5, 5.41) is 13.3. The Hall–Kier alpha value is -2.76. The summed E-state index contributed by atoms with van der Waals surface area (Å²) in [6.07, 6.45) is 6.21. The first-order chi connectivity index (χ1) is 14.0. The predicted octanol–water partition coefficient (Wildman–Crippen LogP) is 1.21. The maximum Gasteiger partial charge on any atom is 0.340 e. The lowest BCUT2D eigenvalue weighted by Gasteiger charge is -2.19. The van der Waals surface area contributed by atoms with E-state index in [-0.39, 0.29) is 24.2 Å². The average molecular weight is 421 g/mol. The molecule has 3 unspecified atom stereocenters. The summed E-state index contributed by atoms with van der Waals surface area (Å²) < 4.78 is 13.4. The van der Waals surface area contributed by atoms with Gasteiger partial charge in [-0.1, -0.05) is 11.6 Å². The van der Waals surface area contributed by atoms with Crippen LogP contribution in [0.1, 0.15) is 0 Å². The molecule has 2 fully saturated rings. The summed E-state index contributed by atoms with van der Waals surface area (Å²) in [5.41, 5.74) is 0.766. The van der Waals surface area contributed by atoms with Crippen molar-refractivity contribution in [3.63, 3.8) is 0 Å². The van der Waals surface area contributed by atoms with Crippen molar-refractivity contribution in [2.45, 2.75) is 18.2 Å². The first-order valence-corrected chi connectivity index (χ1v) is 9.45. The Bertz CT molecular complexity index is 920. The number of halogens is 1. The van der Waals surface area contributed by atoms with Crippen LogP contribution < -0.4 is 16.0 Å². The lowest BCUT2D eigenvalue weighted by atomic mass is 10.0. The van der Waals surface area contributed by atoms with Crippen LogP contribution >= 0.6 is 11.6 Å². The molecule has 4 rings (SSSR count). The van der Waals surface area contributed by atoms with Gasteiger partial charge in [-0.2, -0.15) is 10.1 Å². The van der Waals surface area contributed by atoms with Gasteiger partial charge in [-0.05, 0) is 0 Å². The number of aryl methyl sites for hydroxylation is 1. The van der Waals surface area contributed by atoms with E-state index < -0.39 is 6.03 Å². The van der Waals surface area contributed by atoms with E-state index in [4.69, 9.17) is 21.1 Å². The molecule has 0 saturated carbocycles. The summed E-state index contributed by atoms with van der Waals surface area (Å²) in [6.45, 7) is 0.852. The van der Waals surface area contributed by atoms with Crippen molar-refractivity contribution in [1.82, 2.24) is 25.1 Å². The van der Waals surface area contributed by atoms with Gasteiger partial charge < -0.3 is 25.4 Å². The lowest BCUT2D eigenvalue weighted by Crippen LogP contribution is -2.35. The highest BCUT2D eigenvalue weighted by Gasteiger charge is 2.47. The first kappa shape index (κ1) is 19.6. The SMILES string of the molecule is CNC(=O)/N=C/C1COC2C1OC[C@H]2Nc1nc(Nc2cnn(C)c2)ncc1Cl. The smallest absolute Gasteiger partial charge is 0.340 e. The Morgan fingerprint density at radius 2 is 2.17 bits per heavy atom. The highest BCUT2D eigenvalue weighted by molar-refractivity contribution is 6.32. The van der Waals surface area contributed by atoms with Crippen LogP contribution in [0.5, 0.6) is 0 Å². The fourth-order valence-electron chi connectivity index (χ4n) is 3.33. The molecule has 0 spiro atoms. The first-order valence-electron chi connectivity index (χ1n) is 9.07. The Balaban J connectivity index is 1.43. The molecule has 2 saturated heterocycles. The van der Waals surface area contributed by atoms with E-state index in [9.17, 15) is 4.79 Å². The van der Waals surface area contributed by atoms with Gasteiger partial charge in [0.1, 0.15) is 11.1 Å². The number of nitrogens with zero attached hydrogens (tertiary/aromatic N) is 5. The fraction of sp³-hybridized carbons (Fsp3) is 0.471. The minimum absolute atomic E-state index is 0.0900. The van der Waals surface area contributed by atoms with Crippen molar-refractivity contribution in [3.05, 3.63) is 23.6 Å². The van der Waals surface area contributed by atoms with Crippen LogP contribution in [0.4, 0.5) is 22.2 Å². The number of hydrogen-bond donors (Lipinski definition) is 3. The van der Waals surface area contributed by atoms with Gasteiger partial charge in [0.25, 0.3) is 0 Å². The van der Waals surface area contributed by atoms with E-state index in [0.717, 1.165) is 5.69 Å². The highest BCUT2D eigenvalue weighted by Crippen LogP contribution is 2.33. The molecule has 11 nitrogen and oxygen atoms in total. The number of anilines is 3. The van der Waals surface area contributed by atoms with Crippen molar-refractivity contribution in [2.24, 2.45) is 18.0 Å². The molecule has 29 heavy (non-hydrogen) atoms. The van der Waals surface area contributed by atoms with Gasteiger partial charge in [-0.3, -0.25) is 4.68 Å². The molecule has 12 heteroatoms. The third kappa shape index (κ3) is 4.31. The normalized spacial score (nSPS) is 25.9. The standard InChI is InChI=1S/C17H21ClN8O3/c1-19-17(27)21-3-9-7-28-14-12(8-29-13(9)14)24-15-11(18)5-20-16(25-15)23-10-4-22-26(2)6-10/h3-6,9,12-14H,7-8H2,1-2H3,(H,19,27)(H2,20,23,24,25)/b21-3+/t9?,12-,13?,14?/m1/s1. The highest BCUT2D eigenvalue weighted by atomic mass is 35.5. The van der Waals surface area contributed by atoms with Crippen LogP contribution in [0, 0.1) is 5.92 Å². The number of fused-ring (bicyclic) bond motifs is 1. The molecule has 2 aromatic rings. The van der Waals surface area contributed by atoms with Crippen molar-refractivity contribution >= 4 is 41.3 Å². The summed E-state index contributed by atoms with van der Waals surface area (Å²) in [4.78, 5) is 23.8. The van der Waals surface area contributed by atoms with E-state index in [2.05, 4.69) is 36.0 Å². The van der Waals surface area contributed by atoms with Crippen molar-refractivity contribution in [1.29, 1.82) is 0 Å². The van der Waals surface area contributed by atoms with Gasteiger partial charge in [-0.15, -0.1) is 0 Å². The van der Waals surface area contributed by atoms with Gasteiger partial charge in [-0.25, -0.2) is 14.8 Å². The Labute approximate surface area is 171 Å². The number of amides is 2. The van der Waals surface area contributed by atoms with Gasteiger partial charge in [0.05, 0.1) is 43.4 Å². The number of carbonyl (C=O) groups is 1. The molecule has 0 bridgehead atoms. The third-order valence-electron chi connectivity index (χ3n) is 4.72. The molecule has 0 aromatic carbocycles. The van der Waals surface area contributed by atoms with Crippen LogP contribution in [-0.4, -0.2) is 70.5 Å². The zero-order chi connectivity index (χ0) is 20.4. The molecule has 4 atom stereocenters. The Kier molecular flexibility index (Phi) is 5.60. The summed E-state index contributed by atoms with van der Waals surface area (Å²) in [6, 6.07) is -0.542. The number of aliphatic imine (C=N–C) groups is 1. The maximum absolute atomic E-state index is 11.3. The van der Waals surface area contributed by atoms with Gasteiger partial charge in [0.15, 0.2) is 5.82 Å². The van der Waals surface area contributed by atoms with E-state index in [1.807, 2.05) is 13.2 Å². The van der Waals surface area contributed by atoms with E-state index in [1.54, 1.807) is 17.1 Å². The molecule has 154 valence electrons. The number of carbonyl (C=O) groups excluding carboxylic acids is 1. The quantitative estimate of drug-likeness (QED) is 0.616. The van der Waals surface area contributed by atoms with Crippen LogP contribution in [0.25, 0.3) is 0 Å².